The Hall–Kier alpha value is -6.68. The second kappa shape index (κ2) is 14.4. The van der Waals surface area contributed by atoms with E-state index in [0.717, 1.165) is 38.6 Å². The highest BCUT2D eigenvalue weighted by molar-refractivity contribution is 9.10. The number of allylic oxidation sites excluding steroid dienone is 5. The van der Waals surface area contributed by atoms with E-state index in [0.29, 0.717) is 0 Å². The summed E-state index contributed by atoms with van der Waals surface area (Å²) in [5.41, 5.74) is 15.0. The Balaban J connectivity index is 1.23. The molecular weight excluding hydrogens is 757 g/mol. The van der Waals surface area contributed by atoms with Gasteiger partial charge in [-0.2, -0.15) is 0 Å². The van der Waals surface area contributed by atoms with Crippen LogP contribution in [0.4, 0.5) is 34.1 Å². The van der Waals surface area contributed by atoms with Crippen LogP contribution in [0.15, 0.2) is 222 Å². The van der Waals surface area contributed by atoms with Crippen LogP contribution in [0.3, 0.4) is 0 Å². The average molecular weight is 796 g/mol. The minimum atomic E-state index is -0.498. The molecule has 0 heterocycles. The molecule has 2 nitrogen and oxygen atoms in total. The Labute approximate surface area is 343 Å². The Morgan fingerprint density at radius 2 is 1.07 bits per heavy atom. The first-order valence-corrected chi connectivity index (χ1v) is 20.3. The molecule has 2 aliphatic carbocycles. The lowest BCUT2D eigenvalue weighted by molar-refractivity contribution is 0.787. The fraction of sp³-hybridized carbons (Fsp3) is 0.0370. The van der Waals surface area contributed by atoms with Gasteiger partial charge in [-0.15, -0.1) is 0 Å². The van der Waals surface area contributed by atoms with Gasteiger partial charge in [0.2, 0.25) is 0 Å². The Bertz CT molecular complexity index is 2840. The molecule has 0 fully saturated rings. The highest BCUT2D eigenvalue weighted by Crippen LogP contribution is 2.62. The van der Waals surface area contributed by atoms with Crippen LogP contribution in [0, 0.1) is 0 Å². The molecule has 0 N–H and O–H groups in total. The van der Waals surface area contributed by atoms with Crippen LogP contribution in [0.5, 0.6) is 0 Å². The minimum Gasteiger partial charge on any atom is -0.310 e. The van der Waals surface area contributed by atoms with Gasteiger partial charge in [0.05, 0.1) is 5.41 Å². The lowest BCUT2D eigenvalue weighted by Gasteiger charge is -2.33. The minimum absolute atomic E-state index is 0.498. The highest BCUT2D eigenvalue weighted by Gasteiger charge is 2.50. The van der Waals surface area contributed by atoms with E-state index in [1.165, 1.54) is 49.7 Å². The molecule has 1 atom stereocenters. The Morgan fingerprint density at radius 3 is 1.74 bits per heavy atom. The van der Waals surface area contributed by atoms with E-state index in [1.54, 1.807) is 0 Å². The molecule has 1 spiro atoms. The van der Waals surface area contributed by atoms with Crippen molar-refractivity contribution in [2.45, 2.75) is 12.3 Å². The molecule has 272 valence electrons. The molecule has 10 rings (SSSR count). The summed E-state index contributed by atoms with van der Waals surface area (Å²) in [7, 11) is 0. The molecule has 8 aromatic carbocycles. The molecule has 0 aliphatic heterocycles. The number of anilines is 6. The third-order valence-corrected chi connectivity index (χ3v) is 11.8. The number of fused-ring (bicyclic) bond motifs is 9. The second-order valence-corrected chi connectivity index (χ2v) is 15.5. The van der Waals surface area contributed by atoms with E-state index in [9.17, 15) is 0 Å². The van der Waals surface area contributed by atoms with Gasteiger partial charge in [-0.3, -0.25) is 0 Å². The van der Waals surface area contributed by atoms with Crippen molar-refractivity contribution in [3.05, 3.63) is 245 Å². The first-order chi connectivity index (χ1) is 28.1. The maximum absolute atomic E-state index is 3.96. The molecular formula is C54H39BrN2. The monoisotopic (exact) mass is 794 g/mol. The first kappa shape index (κ1) is 34.8. The molecule has 8 aromatic rings. The summed E-state index contributed by atoms with van der Waals surface area (Å²) in [5.74, 6) is 0. The third kappa shape index (κ3) is 5.77. The van der Waals surface area contributed by atoms with E-state index in [4.69, 9.17) is 0 Å². The number of rotatable bonds is 8. The van der Waals surface area contributed by atoms with Gasteiger partial charge in [0.25, 0.3) is 0 Å². The van der Waals surface area contributed by atoms with E-state index < -0.39 is 5.41 Å². The normalized spacial score (nSPS) is 15.2. The van der Waals surface area contributed by atoms with Crippen molar-refractivity contribution in [2.24, 2.45) is 0 Å². The van der Waals surface area contributed by atoms with Gasteiger partial charge in [0.1, 0.15) is 0 Å². The van der Waals surface area contributed by atoms with Gasteiger partial charge in [-0.25, -0.2) is 0 Å². The summed E-state index contributed by atoms with van der Waals surface area (Å²) in [5, 5.41) is 2.53. The van der Waals surface area contributed by atoms with E-state index in [-0.39, 0.29) is 0 Å². The number of para-hydroxylation sites is 3. The van der Waals surface area contributed by atoms with Crippen LogP contribution in [0.2, 0.25) is 0 Å². The van der Waals surface area contributed by atoms with Crippen LogP contribution < -0.4 is 9.80 Å². The summed E-state index contributed by atoms with van der Waals surface area (Å²) in [6, 6.07) is 68.3. The van der Waals surface area contributed by atoms with Gasteiger partial charge in [-0.1, -0.05) is 162 Å². The molecule has 1 unspecified atom stereocenters. The predicted molar refractivity (Wildman–Crippen MR) is 245 cm³/mol. The number of benzene rings is 8. The van der Waals surface area contributed by atoms with Gasteiger partial charge < -0.3 is 9.80 Å². The topological polar surface area (TPSA) is 6.48 Å². The van der Waals surface area contributed by atoms with Crippen LogP contribution in [0.25, 0.3) is 28.0 Å². The molecule has 0 saturated carbocycles. The molecule has 0 saturated heterocycles. The number of hydrogen-bond acceptors (Lipinski definition) is 2. The zero-order valence-electron chi connectivity index (χ0n) is 31.6. The summed E-state index contributed by atoms with van der Waals surface area (Å²) in [4.78, 5) is 4.72. The molecule has 0 bridgehead atoms. The lowest BCUT2D eigenvalue weighted by atomic mass is 9.69. The lowest BCUT2D eigenvalue weighted by Crippen LogP contribution is -2.27. The number of hydrogen-bond donors (Lipinski definition) is 0. The smallest absolute Gasteiger partial charge is 0.0720 e. The van der Waals surface area contributed by atoms with Gasteiger partial charge in [-0.05, 0) is 129 Å². The first-order valence-electron chi connectivity index (χ1n) is 19.5. The summed E-state index contributed by atoms with van der Waals surface area (Å²) in [6.45, 7) is 2.07. The molecule has 0 radical (unpaired) electrons. The maximum atomic E-state index is 3.96. The molecule has 0 amide bonds. The summed E-state index contributed by atoms with van der Waals surface area (Å²) >= 11 is 3.96. The number of nitrogens with zero attached hydrogens (tertiary/aromatic N) is 2. The van der Waals surface area contributed by atoms with Crippen LogP contribution in [0.1, 0.15) is 29.2 Å². The van der Waals surface area contributed by atoms with Crippen LogP contribution in [-0.2, 0) is 5.41 Å². The van der Waals surface area contributed by atoms with Crippen molar-refractivity contribution in [3.63, 3.8) is 0 Å². The molecule has 0 aromatic heterocycles. The van der Waals surface area contributed by atoms with Crippen LogP contribution in [-0.4, -0.2) is 0 Å². The van der Waals surface area contributed by atoms with Crippen LogP contribution >= 0.6 is 15.9 Å². The third-order valence-electron chi connectivity index (χ3n) is 11.4. The van der Waals surface area contributed by atoms with Crippen molar-refractivity contribution in [1.82, 2.24) is 0 Å². The quantitative estimate of drug-likeness (QED) is 0.141. The van der Waals surface area contributed by atoms with Crippen molar-refractivity contribution in [3.8, 4) is 11.1 Å². The second-order valence-electron chi connectivity index (χ2n) is 14.6. The largest absolute Gasteiger partial charge is 0.310 e. The van der Waals surface area contributed by atoms with Gasteiger partial charge in [0.15, 0.2) is 0 Å². The predicted octanol–water partition coefficient (Wildman–Crippen LogP) is 15.4. The Morgan fingerprint density at radius 1 is 0.474 bits per heavy atom. The fourth-order valence-electron chi connectivity index (χ4n) is 9.10. The zero-order chi connectivity index (χ0) is 38.3. The Kier molecular flexibility index (Phi) is 8.81. The van der Waals surface area contributed by atoms with Crippen molar-refractivity contribution < 1.29 is 0 Å². The van der Waals surface area contributed by atoms with Crippen molar-refractivity contribution in [1.29, 1.82) is 0 Å². The average Bonchev–Trinajstić information content (AvgIpc) is 3.75. The van der Waals surface area contributed by atoms with Gasteiger partial charge in [0, 0.05) is 38.6 Å². The standard InChI is InChI=1S/C54H39BrN2/c1-2-3-7-20-40-33-39-19-15-17-28-50(39)54(40)51-32-29-38-18-14-16-27-48(38)53(51)49-31-30-45(37-52(49)54)57(44-25-12-6-13-26-44)47-35-41(55)34-46(36-47)56(42-21-8-4-9-22-42)43-23-10-5-11-24-43/h2-37H,1H3/b3-2-,20-7-. The fourth-order valence-corrected chi connectivity index (χ4v) is 9.57. The summed E-state index contributed by atoms with van der Waals surface area (Å²) < 4.78 is 0.994. The maximum Gasteiger partial charge on any atom is 0.0720 e. The zero-order valence-corrected chi connectivity index (χ0v) is 33.1. The molecule has 57 heavy (non-hydrogen) atoms. The molecule has 3 heteroatoms. The van der Waals surface area contributed by atoms with E-state index in [2.05, 4.69) is 251 Å². The number of halogens is 1. The van der Waals surface area contributed by atoms with E-state index in [1.807, 2.05) is 0 Å². The SMILES string of the molecule is C/C=C\C=C/C1=Cc2ccccc2C12c1cc(N(c3ccccc3)c3cc(Br)cc(N(c4ccccc4)c4ccccc4)c3)ccc1-c1c2ccc2ccccc12. The molecule has 2 aliphatic rings. The highest BCUT2D eigenvalue weighted by atomic mass is 79.9. The van der Waals surface area contributed by atoms with Crippen molar-refractivity contribution >= 4 is 66.9 Å². The summed E-state index contributed by atoms with van der Waals surface area (Å²) in [6.07, 6.45) is 11.1. The van der Waals surface area contributed by atoms with E-state index >= 15 is 0 Å². The van der Waals surface area contributed by atoms with Crippen molar-refractivity contribution in [2.75, 3.05) is 9.80 Å². The van der Waals surface area contributed by atoms with Gasteiger partial charge >= 0.3 is 0 Å².